The Hall–Kier alpha value is -1.29. The van der Waals surface area contributed by atoms with Gasteiger partial charge in [0.25, 0.3) is 0 Å². The SMILES string of the molecule is CBc1ccc2c(c1)C1(CCNCC1)C(=O)N2. The van der Waals surface area contributed by atoms with E-state index < -0.39 is 0 Å². The minimum atomic E-state index is -0.258. The van der Waals surface area contributed by atoms with Gasteiger partial charge in [0.2, 0.25) is 5.91 Å². The van der Waals surface area contributed by atoms with Crippen LogP contribution in [0.3, 0.4) is 0 Å². The average Bonchev–Trinajstić information content (AvgIpc) is 2.63. The van der Waals surface area contributed by atoms with Crippen molar-refractivity contribution in [1.29, 1.82) is 0 Å². The Morgan fingerprint density at radius 2 is 2.06 bits per heavy atom. The van der Waals surface area contributed by atoms with Gasteiger partial charge >= 0.3 is 0 Å². The van der Waals surface area contributed by atoms with E-state index in [0.29, 0.717) is 0 Å². The Balaban J connectivity index is 2.10. The molecule has 88 valence electrons. The number of amides is 1. The lowest BCUT2D eigenvalue weighted by atomic mass is 9.68. The molecule has 17 heavy (non-hydrogen) atoms. The van der Waals surface area contributed by atoms with Crippen LogP contribution in [0.15, 0.2) is 18.2 Å². The van der Waals surface area contributed by atoms with Crippen molar-refractivity contribution in [1.82, 2.24) is 5.32 Å². The van der Waals surface area contributed by atoms with Crippen molar-refractivity contribution >= 4 is 24.3 Å². The summed E-state index contributed by atoms with van der Waals surface area (Å²) in [4.78, 5) is 12.3. The molecule has 2 aliphatic heterocycles. The third-order valence-corrected chi connectivity index (χ3v) is 4.15. The predicted molar refractivity (Wildman–Crippen MR) is 71.5 cm³/mol. The van der Waals surface area contributed by atoms with Gasteiger partial charge in [0.1, 0.15) is 0 Å². The van der Waals surface area contributed by atoms with E-state index in [0.717, 1.165) is 38.9 Å². The molecule has 3 rings (SSSR count). The van der Waals surface area contributed by atoms with Gasteiger partial charge in [-0.15, -0.1) is 0 Å². The van der Waals surface area contributed by atoms with Gasteiger partial charge in [-0.1, -0.05) is 24.4 Å². The fourth-order valence-corrected chi connectivity index (χ4v) is 3.03. The number of carbonyl (C=O) groups is 1. The number of hydrogen-bond donors (Lipinski definition) is 2. The Morgan fingerprint density at radius 1 is 1.29 bits per heavy atom. The largest absolute Gasteiger partial charge is 0.325 e. The van der Waals surface area contributed by atoms with Crippen LogP contribution < -0.4 is 16.1 Å². The lowest BCUT2D eigenvalue weighted by Crippen LogP contribution is -2.44. The molecule has 1 aromatic carbocycles. The summed E-state index contributed by atoms with van der Waals surface area (Å²) in [5.74, 6) is 0.197. The molecule has 2 aliphatic rings. The maximum atomic E-state index is 12.3. The number of benzene rings is 1. The first-order valence-corrected chi connectivity index (χ1v) is 6.42. The minimum absolute atomic E-state index is 0.197. The van der Waals surface area contributed by atoms with Crippen molar-refractivity contribution in [3.63, 3.8) is 0 Å². The number of nitrogens with one attached hydrogen (secondary N) is 2. The Labute approximate surface area is 102 Å². The molecule has 1 spiro atoms. The van der Waals surface area contributed by atoms with Crippen LogP contribution in [0.25, 0.3) is 0 Å². The second-order valence-corrected chi connectivity index (χ2v) is 5.02. The summed E-state index contributed by atoms with van der Waals surface area (Å²) in [5, 5.41) is 6.38. The molecule has 0 radical (unpaired) electrons. The standard InChI is InChI=1S/C13H17BN2O/c1-14-9-2-3-11-10(8-9)13(12(17)16-11)4-6-15-7-5-13/h2-3,8,14-15H,4-7H2,1H3,(H,16,17). The van der Waals surface area contributed by atoms with Crippen LogP contribution in [0, 0.1) is 0 Å². The van der Waals surface area contributed by atoms with Crippen LogP contribution in [0.2, 0.25) is 6.82 Å². The summed E-state index contributed by atoms with van der Waals surface area (Å²) in [6.07, 6.45) is 1.83. The zero-order chi connectivity index (χ0) is 11.9. The molecule has 0 saturated carbocycles. The monoisotopic (exact) mass is 228 g/mol. The van der Waals surface area contributed by atoms with Crippen molar-refractivity contribution in [2.24, 2.45) is 0 Å². The first-order chi connectivity index (χ1) is 8.26. The van der Waals surface area contributed by atoms with E-state index in [2.05, 4.69) is 35.7 Å². The summed E-state index contributed by atoms with van der Waals surface area (Å²) in [5.41, 5.74) is 3.31. The van der Waals surface area contributed by atoms with Crippen LogP contribution in [0.1, 0.15) is 18.4 Å². The third-order valence-electron chi connectivity index (χ3n) is 4.15. The summed E-state index contributed by atoms with van der Waals surface area (Å²) in [7, 11) is 1.02. The molecular formula is C13H17BN2O. The molecule has 0 aromatic heterocycles. The molecule has 3 nitrogen and oxygen atoms in total. The molecule has 1 fully saturated rings. The Morgan fingerprint density at radius 3 is 2.76 bits per heavy atom. The van der Waals surface area contributed by atoms with Crippen molar-refractivity contribution in [3.05, 3.63) is 23.8 Å². The molecule has 0 bridgehead atoms. The van der Waals surface area contributed by atoms with Gasteiger partial charge in [-0.25, -0.2) is 0 Å². The number of rotatable bonds is 1. The van der Waals surface area contributed by atoms with Gasteiger partial charge in [-0.05, 0) is 37.6 Å². The molecule has 1 amide bonds. The number of fused-ring (bicyclic) bond motifs is 2. The summed E-state index contributed by atoms with van der Waals surface area (Å²) in [6.45, 7) is 4.02. The average molecular weight is 228 g/mol. The van der Waals surface area contributed by atoms with Gasteiger partial charge in [0, 0.05) is 5.69 Å². The van der Waals surface area contributed by atoms with Gasteiger partial charge in [0.05, 0.1) is 5.41 Å². The zero-order valence-corrected chi connectivity index (χ0v) is 10.2. The second-order valence-electron chi connectivity index (χ2n) is 5.02. The highest BCUT2D eigenvalue weighted by Crippen LogP contribution is 2.43. The van der Waals surface area contributed by atoms with Gasteiger partial charge < -0.3 is 10.6 Å². The molecule has 2 N–H and O–H groups in total. The molecular weight excluding hydrogens is 211 g/mol. The quantitative estimate of drug-likeness (QED) is 0.682. The number of carbonyl (C=O) groups excluding carboxylic acids is 1. The van der Waals surface area contributed by atoms with Crippen molar-refractivity contribution in [3.8, 4) is 0 Å². The van der Waals surface area contributed by atoms with Crippen LogP contribution >= 0.6 is 0 Å². The molecule has 0 aliphatic carbocycles. The van der Waals surface area contributed by atoms with Gasteiger partial charge in [-0.2, -0.15) is 0 Å². The molecule has 1 saturated heterocycles. The Kier molecular flexibility index (Phi) is 2.47. The zero-order valence-electron chi connectivity index (χ0n) is 10.2. The minimum Gasteiger partial charge on any atom is -0.325 e. The highest BCUT2D eigenvalue weighted by molar-refractivity contribution is 6.52. The van der Waals surface area contributed by atoms with E-state index in [1.807, 2.05) is 0 Å². The summed E-state index contributed by atoms with van der Waals surface area (Å²) in [6, 6.07) is 6.39. The van der Waals surface area contributed by atoms with Gasteiger partial charge in [-0.3, -0.25) is 4.79 Å². The van der Waals surface area contributed by atoms with E-state index in [1.54, 1.807) is 0 Å². The smallest absolute Gasteiger partial charge is 0.235 e. The summed E-state index contributed by atoms with van der Waals surface area (Å²) >= 11 is 0. The van der Waals surface area contributed by atoms with E-state index in [9.17, 15) is 4.79 Å². The van der Waals surface area contributed by atoms with Crippen LogP contribution in [0.5, 0.6) is 0 Å². The lowest BCUT2D eigenvalue weighted by Gasteiger charge is -2.32. The summed E-state index contributed by atoms with van der Waals surface area (Å²) < 4.78 is 0. The van der Waals surface area contributed by atoms with E-state index in [1.165, 1.54) is 11.0 Å². The number of hydrogen-bond acceptors (Lipinski definition) is 2. The normalized spacial score (nSPS) is 21.1. The molecule has 2 heterocycles. The fraction of sp³-hybridized carbons (Fsp3) is 0.462. The molecule has 0 unspecified atom stereocenters. The number of piperidine rings is 1. The lowest BCUT2D eigenvalue weighted by molar-refractivity contribution is -0.121. The van der Waals surface area contributed by atoms with E-state index in [-0.39, 0.29) is 11.3 Å². The first kappa shape index (κ1) is 10.8. The van der Waals surface area contributed by atoms with Crippen molar-refractivity contribution in [2.75, 3.05) is 18.4 Å². The van der Waals surface area contributed by atoms with Crippen LogP contribution in [-0.2, 0) is 10.2 Å². The van der Waals surface area contributed by atoms with Crippen molar-refractivity contribution in [2.45, 2.75) is 25.1 Å². The topological polar surface area (TPSA) is 41.1 Å². The van der Waals surface area contributed by atoms with Crippen LogP contribution in [-0.4, -0.2) is 26.3 Å². The van der Waals surface area contributed by atoms with Gasteiger partial charge in [0.15, 0.2) is 7.28 Å². The maximum absolute atomic E-state index is 12.3. The maximum Gasteiger partial charge on any atom is 0.235 e. The second kappa shape index (κ2) is 3.88. The predicted octanol–water partition coefficient (Wildman–Crippen LogP) is 0.370. The highest BCUT2D eigenvalue weighted by Gasteiger charge is 2.46. The van der Waals surface area contributed by atoms with Crippen LogP contribution in [0.4, 0.5) is 5.69 Å². The molecule has 4 heteroatoms. The third kappa shape index (κ3) is 1.51. The van der Waals surface area contributed by atoms with Crippen molar-refractivity contribution < 1.29 is 4.79 Å². The van der Waals surface area contributed by atoms with E-state index in [4.69, 9.17) is 0 Å². The molecule has 1 aromatic rings. The highest BCUT2D eigenvalue weighted by atomic mass is 16.2. The Bertz CT molecular complexity index is 466. The fourth-order valence-electron chi connectivity index (χ4n) is 3.03. The number of anilines is 1. The first-order valence-electron chi connectivity index (χ1n) is 6.42. The molecule has 0 atom stereocenters. The van der Waals surface area contributed by atoms with E-state index >= 15 is 0 Å².